The minimum absolute atomic E-state index is 0.214. The van der Waals surface area contributed by atoms with E-state index in [1.165, 1.54) is 0 Å². The van der Waals surface area contributed by atoms with E-state index in [0.29, 0.717) is 33.9 Å². The summed E-state index contributed by atoms with van der Waals surface area (Å²) in [6, 6.07) is 27.4. The number of ether oxygens (including phenoxy) is 2. The number of nitrogens with zero attached hydrogens (tertiary/aromatic N) is 1. The number of para-hydroxylation sites is 2. The lowest BCUT2D eigenvalue weighted by Gasteiger charge is -2.37. The van der Waals surface area contributed by atoms with Crippen LogP contribution in [0, 0.1) is 5.92 Å². The third-order valence-electron chi connectivity index (χ3n) is 8.83. The molecule has 1 fully saturated rings. The van der Waals surface area contributed by atoms with Crippen LogP contribution in [0.25, 0.3) is 6.08 Å². The summed E-state index contributed by atoms with van der Waals surface area (Å²) in [5, 5.41) is 3.04. The van der Waals surface area contributed by atoms with Gasteiger partial charge in [0.15, 0.2) is 11.6 Å². The molecule has 0 bridgehead atoms. The Balaban J connectivity index is 1.50. The predicted molar refractivity (Wildman–Crippen MR) is 160 cm³/mol. The van der Waals surface area contributed by atoms with E-state index in [9.17, 15) is 14.4 Å². The van der Waals surface area contributed by atoms with E-state index in [2.05, 4.69) is 5.32 Å². The topological polar surface area (TPSA) is 84.9 Å². The first kappa shape index (κ1) is 25.8. The predicted octanol–water partition coefficient (Wildman–Crippen LogP) is 5.56. The summed E-state index contributed by atoms with van der Waals surface area (Å²) in [6.45, 7) is 0. The van der Waals surface area contributed by atoms with E-state index in [1.807, 2.05) is 65.6 Å². The van der Waals surface area contributed by atoms with Crippen LogP contribution in [0.15, 0.2) is 103 Å². The number of fused-ring (bicyclic) bond motifs is 5. The van der Waals surface area contributed by atoms with Gasteiger partial charge in [-0.1, -0.05) is 48.6 Å². The molecule has 0 radical (unpaired) electrons. The van der Waals surface area contributed by atoms with Gasteiger partial charge < -0.3 is 19.7 Å². The summed E-state index contributed by atoms with van der Waals surface area (Å²) in [7, 11) is 3.14. The Morgan fingerprint density at radius 2 is 1.36 bits per heavy atom. The summed E-state index contributed by atoms with van der Waals surface area (Å²) < 4.78 is 10.7. The molecule has 208 valence electrons. The zero-order valence-electron chi connectivity index (χ0n) is 23.1. The lowest BCUT2D eigenvalue weighted by Crippen LogP contribution is -2.55. The first-order valence-electron chi connectivity index (χ1n) is 13.8. The molecule has 1 amide bonds. The Labute approximate surface area is 243 Å². The number of benzene rings is 4. The average molecular weight is 557 g/mol. The smallest absolute Gasteiger partial charge is 0.238 e. The summed E-state index contributed by atoms with van der Waals surface area (Å²) >= 11 is 0. The van der Waals surface area contributed by atoms with Crippen molar-refractivity contribution < 1.29 is 23.9 Å². The van der Waals surface area contributed by atoms with Crippen molar-refractivity contribution in [3.05, 3.63) is 125 Å². The Morgan fingerprint density at radius 3 is 2.02 bits per heavy atom. The van der Waals surface area contributed by atoms with E-state index in [0.717, 1.165) is 11.3 Å². The van der Waals surface area contributed by atoms with Gasteiger partial charge in [0.25, 0.3) is 0 Å². The second kappa shape index (κ2) is 9.73. The lowest BCUT2D eigenvalue weighted by atomic mass is 9.63. The summed E-state index contributed by atoms with van der Waals surface area (Å²) in [5.74, 6) is -0.474. The number of amides is 1. The van der Waals surface area contributed by atoms with E-state index in [1.54, 1.807) is 62.8 Å². The van der Waals surface area contributed by atoms with Crippen LogP contribution in [0.5, 0.6) is 11.5 Å². The summed E-state index contributed by atoms with van der Waals surface area (Å²) in [5.41, 5.74) is 2.35. The van der Waals surface area contributed by atoms with E-state index in [-0.39, 0.29) is 17.5 Å². The highest BCUT2D eigenvalue weighted by Crippen LogP contribution is 2.58. The van der Waals surface area contributed by atoms with Crippen LogP contribution in [0.3, 0.4) is 0 Å². The first-order chi connectivity index (χ1) is 20.5. The van der Waals surface area contributed by atoms with Gasteiger partial charge in [0, 0.05) is 22.5 Å². The third kappa shape index (κ3) is 3.56. The number of hydrogen-bond acceptors (Lipinski definition) is 6. The van der Waals surface area contributed by atoms with E-state index in [4.69, 9.17) is 9.47 Å². The van der Waals surface area contributed by atoms with Gasteiger partial charge in [-0.25, -0.2) is 0 Å². The number of methoxy groups -OCH3 is 2. The van der Waals surface area contributed by atoms with Crippen LogP contribution in [0.4, 0.5) is 11.4 Å². The normalized spacial score (nSPS) is 23.1. The van der Waals surface area contributed by atoms with Crippen molar-refractivity contribution in [3.63, 3.8) is 0 Å². The van der Waals surface area contributed by atoms with Crippen LogP contribution in [0.2, 0.25) is 0 Å². The summed E-state index contributed by atoms with van der Waals surface area (Å²) in [4.78, 5) is 46.0. The molecule has 3 heterocycles. The molecule has 3 aliphatic heterocycles. The second-order valence-corrected chi connectivity index (χ2v) is 10.8. The molecule has 7 rings (SSSR count). The van der Waals surface area contributed by atoms with Gasteiger partial charge in [-0.15, -0.1) is 0 Å². The maximum Gasteiger partial charge on any atom is 0.238 e. The van der Waals surface area contributed by atoms with E-state index < -0.39 is 23.4 Å². The zero-order valence-corrected chi connectivity index (χ0v) is 23.1. The number of anilines is 2. The molecule has 0 aromatic heterocycles. The van der Waals surface area contributed by atoms with Gasteiger partial charge in [-0.05, 0) is 71.8 Å². The molecule has 1 spiro atoms. The molecule has 4 aromatic carbocycles. The molecule has 4 atom stereocenters. The molecule has 0 saturated carbocycles. The molecule has 4 aromatic rings. The quantitative estimate of drug-likeness (QED) is 0.313. The van der Waals surface area contributed by atoms with Crippen molar-refractivity contribution in [2.75, 3.05) is 24.4 Å². The number of carbonyl (C=O) groups is 3. The number of carbonyl (C=O) groups excluding carboxylic acids is 3. The number of ketones is 2. The van der Waals surface area contributed by atoms with Crippen LogP contribution in [-0.4, -0.2) is 43.8 Å². The van der Waals surface area contributed by atoms with Gasteiger partial charge in [0.1, 0.15) is 23.0 Å². The summed E-state index contributed by atoms with van der Waals surface area (Å²) in [6.07, 6.45) is 3.95. The Morgan fingerprint density at radius 1 is 0.762 bits per heavy atom. The van der Waals surface area contributed by atoms with Crippen molar-refractivity contribution in [2.24, 2.45) is 5.92 Å². The monoisotopic (exact) mass is 556 g/mol. The number of nitrogens with one attached hydrogen (secondary N) is 1. The number of hydrogen-bond donors (Lipinski definition) is 1. The van der Waals surface area contributed by atoms with Crippen LogP contribution >= 0.6 is 0 Å². The van der Waals surface area contributed by atoms with Crippen molar-refractivity contribution in [2.45, 2.75) is 17.5 Å². The number of Topliss-reactive ketones (excluding diaryl/α,β-unsaturated/α-hetero) is 2. The maximum absolute atomic E-state index is 14.8. The molecule has 7 heteroatoms. The molecule has 0 aliphatic carbocycles. The first-order valence-corrected chi connectivity index (χ1v) is 13.8. The second-order valence-electron chi connectivity index (χ2n) is 10.8. The molecule has 7 nitrogen and oxygen atoms in total. The molecule has 1 N–H and O–H groups in total. The lowest BCUT2D eigenvalue weighted by molar-refractivity contribution is -0.121. The minimum atomic E-state index is -1.50. The standard InChI is InChI=1S/C35H28N2O5/c1-41-24-16-11-22(12-17-24)31(38)30-29-20-15-21-7-3-6-10-28(21)37(29)33(32(39)23-13-18-25(42-2)19-14-23)35(30)26-8-4-5-9-27(26)36-34(35)40/h3-20,29-30,33H,1-2H3,(H,36,40)/t29?,30-,33+,35+/m1/s1. The van der Waals surface area contributed by atoms with Crippen LogP contribution in [0.1, 0.15) is 31.8 Å². The molecule has 3 aliphatic rings. The highest BCUT2D eigenvalue weighted by atomic mass is 16.5. The average Bonchev–Trinajstić information content (AvgIpc) is 3.52. The highest BCUT2D eigenvalue weighted by molar-refractivity contribution is 6.20. The fraction of sp³-hybridized carbons (Fsp3) is 0.171. The van der Waals surface area contributed by atoms with Crippen molar-refractivity contribution in [1.29, 1.82) is 0 Å². The highest BCUT2D eigenvalue weighted by Gasteiger charge is 2.70. The molecule has 1 unspecified atom stereocenters. The van der Waals surface area contributed by atoms with Gasteiger partial charge in [-0.3, -0.25) is 14.4 Å². The maximum atomic E-state index is 14.8. The van der Waals surface area contributed by atoms with Crippen LogP contribution < -0.4 is 19.7 Å². The van der Waals surface area contributed by atoms with Gasteiger partial charge >= 0.3 is 0 Å². The van der Waals surface area contributed by atoms with Gasteiger partial charge in [-0.2, -0.15) is 0 Å². The van der Waals surface area contributed by atoms with Gasteiger partial charge in [0.05, 0.1) is 26.2 Å². The molecule has 1 saturated heterocycles. The molecular formula is C35H28N2O5. The van der Waals surface area contributed by atoms with E-state index >= 15 is 0 Å². The minimum Gasteiger partial charge on any atom is -0.497 e. The Hall–Kier alpha value is -5.17. The third-order valence-corrected chi connectivity index (χ3v) is 8.83. The van der Waals surface area contributed by atoms with Gasteiger partial charge in [0.2, 0.25) is 5.91 Å². The Kier molecular flexibility index (Phi) is 5.97. The largest absolute Gasteiger partial charge is 0.497 e. The van der Waals surface area contributed by atoms with Crippen molar-refractivity contribution >= 4 is 34.9 Å². The molecular weight excluding hydrogens is 528 g/mol. The zero-order chi connectivity index (χ0) is 29.0. The number of rotatable bonds is 6. The van der Waals surface area contributed by atoms with Crippen molar-refractivity contribution in [1.82, 2.24) is 0 Å². The van der Waals surface area contributed by atoms with Crippen LogP contribution in [-0.2, 0) is 10.2 Å². The van der Waals surface area contributed by atoms with Crippen molar-refractivity contribution in [3.8, 4) is 11.5 Å². The Bertz CT molecular complexity index is 1760. The molecule has 42 heavy (non-hydrogen) atoms. The SMILES string of the molecule is COc1ccc(C(=O)[C@@H]2N3c4ccccc4C=CC3[C@H](C(=O)c3ccc(OC)cc3)[C@]23C(=O)Nc2ccccc23)cc1. The fourth-order valence-electron chi connectivity index (χ4n) is 6.99. The fourth-order valence-corrected chi connectivity index (χ4v) is 6.99.